The normalized spacial score (nSPS) is 14.4. The first-order valence-electron chi connectivity index (χ1n) is 37.2. The number of carbonyl (C=O) groups is 4. The van der Waals surface area contributed by atoms with Gasteiger partial charge in [-0.15, -0.1) is 0 Å². The lowest BCUT2D eigenvalue weighted by molar-refractivity contribution is -0.161. The van der Waals surface area contributed by atoms with Crippen molar-refractivity contribution in [2.75, 3.05) is 39.6 Å². The minimum Gasteiger partial charge on any atom is -0.462 e. The van der Waals surface area contributed by atoms with E-state index in [9.17, 15) is 43.2 Å². The van der Waals surface area contributed by atoms with Crippen LogP contribution >= 0.6 is 15.6 Å². The number of phosphoric acid groups is 2. The average Bonchev–Trinajstić information content (AvgIpc) is 1.29. The second-order valence-electron chi connectivity index (χ2n) is 24.9. The van der Waals surface area contributed by atoms with E-state index in [1.807, 2.05) is 0 Å². The van der Waals surface area contributed by atoms with Crippen LogP contribution in [0.15, 0.2) is 72.9 Å². The number of aliphatic hydroxyl groups excluding tert-OH is 1. The zero-order valence-corrected chi connectivity index (χ0v) is 61.2. The highest BCUT2D eigenvalue weighted by Gasteiger charge is 2.30. The third-order valence-electron chi connectivity index (χ3n) is 15.7. The molecule has 0 aliphatic rings. The van der Waals surface area contributed by atoms with Crippen LogP contribution in [0.25, 0.3) is 0 Å². The van der Waals surface area contributed by atoms with Crippen molar-refractivity contribution in [2.45, 2.75) is 341 Å². The molecule has 94 heavy (non-hydrogen) atoms. The third kappa shape index (κ3) is 67.1. The summed E-state index contributed by atoms with van der Waals surface area (Å²) in [7, 11) is -9.94. The fourth-order valence-corrected chi connectivity index (χ4v) is 11.6. The maximum atomic E-state index is 13.1. The molecule has 0 aromatic carbocycles. The van der Waals surface area contributed by atoms with Crippen LogP contribution in [-0.4, -0.2) is 96.7 Å². The number of hydrogen-bond donors (Lipinski definition) is 3. The maximum Gasteiger partial charge on any atom is 0.472 e. The van der Waals surface area contributed by atoms with Gasteiger partial charge in [-0.2, -0.15) is 0 Å². The molecular weight excluding hydrogens is 1230 g/mol. The Morgan fingerprint density at radius 2 is 0.553 bits per heavy atom. The Bertz CT molecular complexity index is 2070. The van der Waals surface area contributed by atoms with E-state index < -0.39 is 97.5 Å². The van der Waals surface area contributed by atoms with E-state index in [1.165, 1.54) is 103 Å². The minimum atomic E-state index is -4.98. The van der Waals surface area contributed by atoms with Crippen molar-refractivity contribution >= 4 is 39.5 Å². The molecule has 5 atom stereocenters. The number of esters is 4. The van der Waals surface area contributed by atoms with Gasteiger partial charge in [-0.05, 0) is 96.3 Å². The topological polar surface area (TPSA) is 237 Å². The largest absolute Gasteiger partial charge is 0.472 e. The van der Waals surface area contributed by atoms with Crippen LogP contribution in [0.5, 0.6) is 0 Å². The number of aliphatic hydroxyl groups is 1. The van der Waals surface area contributed by atoms with Crippen molar-refractivity contribution in [3.8, 4) is 0 Å². The molecule has 0 aromatic rings. The fourth-order valence-electron chi connectivity index (χ4n) is 10.0. The summed E-state index contributed by atoms with van der Waals surface area (Å²) in [5, 5.41) is 10.6. The number of rotatable bonds is 70. The molecular formula is C75H134O17P2. The van der Waals surface area contributed by atoms with Crippen molar-refractivity contribution in [1.29, 1.82) is 0 Å². The van der Waals surface area contributed by atoms with Gasteiger partial charge in [0.1, 0.15) is 19.3 Å². The molecule has 0 saturated heterocycles. The van der Waals surface area contributed by atoms with E-state index in [4.69, 9.17) is 37.0 Å². The molecule has 19 heteroatoms. The van der Waals surface area contributed by atoms with Gasteiger partial charge in [0.15, 0.2) is 12.2 Å². The van der Waals surface area contributed by atoms with Crippen molar-refractivity contribution in [3.05, 3.63) is 72.9 Å². The Labute approximate surface area is 571 Å². The van der Waals surface area contributed by atoms with Gasteiger partial charge in [0.2, 0.25) is 0 Å². The van der Waals surface area contributed by atoms with Gasteiger partial charge in [0.05, 0.1) is 26.4 Å². The quantitative estimate of drug-likeness (QED) is 0.0169. The summed E-state index contributed by atoms with van der Waals surface area (Å²) in [5.41, 5.74) is 0. The second-order valence-corrected chi connectivity index (χ2v) is 27.8. The summed E-state index contributed by atoms with van der Waals surface area (Å²) < 4.78 is 68.3. The number of hydrogen-bond acceptors (Lipinski definition) is 15. The van der Waals surface area contributed by atoms with E-state index in [0.29, 0.717) is 25.7 Å². The molecule has 0 bridgehead atoms. The minimum absolute atomic E-state index is 0.0754. The summed E-state index contributed by atoms with van der Waals surface area (Å²) in [4.78, 5) is 72.7. The summed E-state index contributed by atoms with van der Waals surface area (Å²) in [6, 6.07) is 0. The SMILES string of the molecule is CC/C=C\C/C=C\C/C=C\C/C=C\CCCCCCC(=O)OCC(COP(=O)(O)OCC(O)COP(=O)(O)OCC(COC(=O)CCCCCCCCCCCCC)OC(=O)CCCCCCCCCCCCC)OC(=O)CCCCCCC/C=C\C/C=C\CCCCC. The number of phosphoric ester groups is 2. The number of allylic oxidation sites excluding steroid dienone is 12. The van der Waals surface area contributed by atoms with E-state index >= 15 is 0 Å². The van der Waals surface area contributed by atoms with Crippen LogP contribution < -0.4 is 0 Å². The zero-order valence-electron chi connectivity index (χ0n) is 59.4. The van der Waals surface area contributed by atoms with Crippen LogP contribution in [0, 0.1) is 0 Å². The smallest absolute Gasteiger partial charge is 0.462 e. The lowest BCUT2D eigenvalue weighted by Crippen LogP contribution is -2.30. The number of unbranched alkanes of at least 4 members (excludes halogenated alkanes) is 32. The van der Waals surface area contributed by atoms with Crippen LogP contribution in [0.1, 0.15) is 323 Å². The van der Waals surface area contributed by atoms with E-state index in [2.05, 4.69) is 101 Å². The van der Waals surface area contributed by atoms with Gasteiger partial charge in [0, 0.05) is 25.7 Å². The molecule has 0 aromatic heterocycles. The summed E-state index contributed by atoms with van der Waals surface area (Å²) in [6.45, 7) is 4.70. The predicted octanol–water partition coefficient (Wildman–Crippen LogP) is 20.9. The highest BCUT2D eigenvalue weighted by molar-refractivity contribution is 7.47. The predicted molar refractivity (Wildman–Crippen MR) is 381 cm³/mol. The third-order valence-corrected chi connectivity index (χ3v) is 17.6. The fraction of sp³-hybridized carbons (Fsp3) is 0.787. The van der Waals surface area contributed by atoms with Crippen molar-refractivity contribution in [1.82, 2.24) is 0 Å². The molecule has 0 fully saturated rings. The van der Waals surface area contributed by atoms with Crippen molar-refractivity contribution in [3.63, 3.8) is 0 Å². The van der Waals surface area contributed by atoms with Gasteiger partial charge in [0.25, 0.3) is 0 Å². The molecule has 17 nitrogen and oxygen atoms in total. The van der Waals surface area contributed by atoms with Gasteiger partial charge in [-0.3, -0.25) is 37.3 Å². The monoisotopic (exact) mass is 1370 g/mol. The first kappa shape index (κ1) is 90.5. The highest BCUT2D eigenvalue weighted by Crippen LogP contribution is 2.45. The van der Waals surface area contributed by atoms with Crippen LogP contribution in [-0.2, 0) is 65.4 Å². The van der Waals surface area contributed by atoms with Crippen LogP contribution in [0.2, 0.25) is 0 Å². The molecule has 0 aliphatic heterocycles. The highest BCUT2D eigenvalue weighted by atomic mass is 31.2. The van der Waals surface area contributed by atoms with Crippen LogP contribution in [0.4, 0.5) is 0 Å². The molecule has 0 heterocycles. The Morgan fingerprint density at radius 3 is 0.872 bits per heavy atom. The van der Waals surface area contributed by atoms with E-state index in [0.717, 1.165) is 141 Å². The zero-order chi connectivity index (χ0) is 69.0. The van der Waals surface area contributed by atoms with Gasteiger partial charge in [-0.25, -0.2) is 9.13 Å². The van der Waals surface area contributed by atoms with Gasteiger partial charge in [-0.1, -0.05) is 274 Å². The lowest BCUT2D eigenvalue weighted by atomic mass is 10.1. The summed E-state index contributed by atoms with van der Waals surface area (Å²) >= 11 is 0. The molecule has 0 saturated carbocycles. The van der Waals surface area contributed by atoms with E-state index in [-0.39, 0.29) is 25.7 Å². The second kappa shape index (κ2) is 68.0. The number of ether oxygens (including phenoxy) is 4. The first-order valence-corrected chi connectivity index (χ1v) is 40.2. The Morgan fingerprint density at radius 1 is 0.309 bits per heavy atom. The molecule has 0 rings (SSSR count). The standard InChI is InChI=1S/C75H134O17P2/c1-5-9-13-17-21-25-29-31-33-34-36-37-41-44-48-52-56-60-73(78)86-66-71(92-75(80)62-58-54-50-46-42-38-35-32-30-26-22-18-14-10-6-2)68-90-94(83,84)88-64-69(76)63-87-93(81,82)89-67-70(91-74(79)61-57-53-49-45-40-28-24-20-16-12-8-4)65-85-72(77)59-55-51-47-43-39-27-23-19-15-11-7-3/h9,13,21-22,25-26,31-33,35-37,69-71,76H,5-8,10-12,14-20,23-24,27-30,34,38-68H2,1-4H3,(H,81,82)(H,83,84)/b13-9-,25-21-,26-22-,33-31-,35-32-,37-36-. The molecule has 546 valence electrons. The molecule has 3 N–H and O–H groups in total. The molecule has 0 amide bonds. The van der Waals surface area contributed by atoms with Crippen molar-refractivity contribution < 1.29 is 80.2 Å². The maximum absolute atomic E-state index is 13.1. The Balaban J connectivity index is 5.33. The Kier molecular flexibility index (Phi) is 65.5. The summed E-state index contributed by atoms with van der Waals surface area (Å²) in [5.74, 6) is -2.19. The Hall–Kier alpha value is -3.50. The number of carbonyl (C=O) groups excluding carboxylic acids is 4. The average molecular weight is 1370 g/mol. The molecule has 0 radical (unpaired) electrons. The molecule has 0 spiro atoms. The molecule has 0 aliphatic carbocycles. The molecule has 5 unspecified atom stereocenters. The first-order chi connectivity index (χ1) is 45.7. The summed E-state index contributed by atoms with van der Waals surface area (Å²) in [6.07, 6.45) is 66.1. The van der Waals surface area contributed by atoms with Gasteiger partial charge >= 0.3 is 39.5 Å². The van der Waals surface area contributed by atoms with E-state index in [1.54, 1.807) is 0 Å². The van der Waals surface area contributed by atoms with Crippen molar-refractivity contribution in [2.24, 2.45) is 0 Å². The lowest BCUT2D eigenvalue weighted by Gasteiger charge is -2.21. The van der Waals surface area contributed by atoms with Crippen LogP contribution in [0.3, 0.4) is 0 Å². The van der Waals surface area contributed by atoms with Gasteiger partial charge < -0.3 is 33.8 Å².